The second kappa shape index (κ2) is 6.17. The van der Waals surface area contributed by atoms with Crippen LogP contribution < -0.4 is 0 Å². The van der Waals surface area contributed by atoms with E-state index in [2.05, 4.69) is 4.98 Å². The van der Waals surface area contributed by atoms with Gasteiger partial charge in [-0.1, -0.05) is 6.08 Å². The monoisotopic (exact) mass is 348 g/mol. The Morgan fingerprint density at radius 2 is 2.04 bits per heavy atom. The van der Waals surface area contributed by atoms with Gasteiger partial charge >= 0.3 is 6.09 Å². The van der Waals surface area contributed by atoms with Crippen LogP contribution in [0.3, 0.4) is 0 Å². The predicted molar refractivity (Wildman–Crippen MR) is 93.2 cm³/mol. The summed E-state index contributed by atoms with van der Waals surface area (Å²) in [6.07, 6.45) is 3.90. The molecule has 6 heteroatoms. The number of H-pyrrole nitrogens is 1. The lowest BCUT2D eigenvalue weighted by atomic mass is 9.94. The molecule has 0 saturated carbocycles. The smallest absolute Gasteiger partial charge is 0.410 e. The SMILES string of the molecule is CC1CC(c2c[nH]c3c(F)c(F)ccc23)=CCN1C(=O)OC(C)(C)C. The van der Waals surface area contributed by atoms with E-state index in [0.29, 0.717) is 18.4 Å². The third-order valence-electron chi connectivity index (χ3n) is 4.30. The number of carbonyl (C=O) groups excluding carboxylic acids is 1. The first-order valence-corrected chi connectivity index (χ1v) is 8.31. The Balaban J connectivity index is 1.87. The molecule has 1 aliphatic rings. The third kappa shape index (κ3) is 3.38. The van der Waals surface area contributed by atoms with Crippen molar-refractivity contribution in [3.8, 4) is 0 Å². The van der Waals surface area contributed by atoms with Crippen LogP contribution in [0.4, 0.5) is 13.6 Å². The van der Waals surface area contributed by atoms with E-state index in [1.54, 1.807) is 17.2 Å². The Bertz CT molecular complexity index is 849. The molecule has 0 saturated heterocycles. The molecule has 0 bridgehead atoms. The van der Waals surface area contributed by atoms with Crippen LogP contribution in [-0.4, -0.2) is 34.2 Å². The minimum absolute atomic E-state index is 0.0508. The van der Waals surface area contributed by atoms with E-state index in [-0.39, 0.29) is 17.7 Å². The number of aromatic amines is 1. The summed E-state index contributed by atoms with van der Waals surface area (Å²) in [5.74, 6) is -1.74. The number of nitrogens with one attached hydrogen (secondary N) is 1. The average molecular weight is 348 g/mol. The van der Waals surface area contributed by atoms with Gasteiger partial charge in [-0.3, -0.25) is 0 Å². The Morgan fingerprint density at radius 3 is 2.68 bits per heavy atom. The summed E-state index contributed by atoms with van der Waals surface area (Å²) < 4.78 is 32.7. The topological polar surface area (TPSA) is 45.3 Å². The average Bonchev–Trinajstić information content (AvgIpc) is 2.93. The lowest BCUT2D eigenvalue weighted by Gasteiger charge is -2.34. The van der Waals surface area contributed by atoms with Gasteiger partial charge in [-0.25, -0.2) is 13.6 Å². The summed E-state index contributed by atoms with van der Waals surface area (Å²) in [5.41, 5.74) is 1.46. The number of ether oxygens (including phenoxy) is 1. The Labute approximate surface area is 145 Å². The molecule has 1 N–H and O–H groups in total. The number of amides is 1. The van der Waals surface area contributed by atoms with Crippen molar-refractivity contribution in [1.82, 2.24) is 9.88 Å². The molecule has 1 aliphatic heterocycles. The normalized spacial score (nSPS) is 18.4. The first kappa shape index (κ1) is 17.5. The highest BCUT2D eigenvalue weighted by Gasteiger charge is 2.29. The molecule has 25 heavy (non-hydrogen) atoms. The first-order chi connectivity index (χ1) is 11.7. The zero-order chi connectivity index (χ0) is 18.4. The predicted octanol–water partition coefficient (Wildman–Crippen LogP) is 4.86. The number of benzene rings is 1. The Kier molecular flexibility index (Phi) is 4.31. The van der Waals surface area contributed by atoms with Crippen molar-refractivity contribution >= 4 is 22.6 Å². The van der Waals surface area contributed by atoms with Crippen molar-refractivity contribution in [3.05, 3.63) is 41.6 Å². The number of carbonyl (C=O) groups is 1. The molecule has 4 nitrogen and oxygen atoms in total. The van der Waals surface area contributed by atoms with Crippen LogP contribution in [0.5, 0.6) is 0 Å². The Morgan fingerprint density at radius 1 is 1.32 bits per heavy atom. The summed E-state index contributed by atoms with van der Waals surface area (Å²) in [4.78, 5) is 16.8. The molecule has 3 rings (SSSR count). The van der Waals surface area contributed by atoms with E-state index in [0.717, 1.165) is 17.2 Å². The number of halogens is 2. The van der Waals surface area contributed by atoms with E-state index < -0.39 is 17.2 Å². The van der Waals surface area contributed by atoms with Crippen molar-refractivity contribution in [2.45, 2.75) is 45.8 Å². The van der Waals surface area contributed by atoms with Crippen LogP contribution in [-0.2, 0) is 4.74 Å². The maximum absolute atomic E-state index is 13.9. The summed E-state index contributed by atoms with van der Waals surface area (Å²) >= 11 is 0. The molecule has 1 aromatic carbocycles. The van der Waals surface area contributed by atoms with Crippen molar-refractivity contribution in [1.29, 1.82) is 0 Å². The largest absolute Gasteiger partial charge is 0.444 e. The van der Waals surface area contributed by atoms with Crippen LogP contribution in [0.25, 0.3) is 16.5 Å². The molecular formula is C19H22F2N2O2. The minimum Gasteiger partial charge on any atom is -0.444 e. The van der Waals surface area contributed by atoms with Gasteiger partial charge in [-0.15, -0.1) is 0 Å². The van der Waals surface area contributed by atoms with Crippen molar-refractivity contribution in [2.24, 2.45) is 0 Å². The number of nitrogens with zero attached hydrogens (tertiary/aromatic N) is 1. The molecule has 1 amide bonds. The maximum Gasteiger partial charge on any atom is 0.410 e. The lowest BCUT2D eigenvalue weighted by molar-refractivity contribution is 0.0199. The van der Waals surface area contributed by atoms with Gasteiger partial charge in [-0.05, 0) is 51.8 Å². The molecule has 0 aliphatic carbocycles. The van der Waals surface area contributed by atoms with Gasteiger partial charge in [0.25, 0.3) is 0 Å². The fourth-order valence-electron chi connectivity index (χ4n) is 3.10. The van der Waals surface area contributed by atoms with Crippen LogP contribution in [0.15, 0.2) is 24.4 Å². The lowest BCUT2D eigenvalue weighted by Crippen LogP contribution is -2.44. The molecule has 1 unspecified atom stereocenters. The molecule has 1 atom stereocenters. The highest BCUT2D eigenvalue weighted by atomic mass is 19.2. The Hall–Kier alpha value is -2.37. The van der Waals surface area contributed by atoms with Gasteiger partial charge in [0.2, 0.25) is 0 Å². The molecule has 0 fully saturated rings. The van der Waals surface area contributed by atoms with E-state index in [1.807, 2.05) is 33.8 Å². The van der Waals surface area contributed by atoms with Crippen LogP contribution in [0.1, 0.15) is 39.7 Å². The van der Waals surface area contributed by atoms with E-state index in [1.165, 1.54) is 0 Å². The zero-order valence-electron chi connectivity index (χ0n) is 14.8. The molecule has 0 spiro atoms. The number of hydrogen-bond donors (Lipinski definition) is 1. The van der Waals surface area contributed by atoms with Gasteiger partial charge < -0.3 is 14.6 Å². The number of aromatic nitrogens is 1. The summed E-state index contributed by atoms with van der Waals surface area (Å²) in [6.45, 7) is 7.87. The third-order valence-corrected chi connectivity index (χ3v) is 4.30. The maximum atomic E-state index is 13.9. The number of hydrogen-bond acceptors (Lipinski definition) is 2. The summed E-state index contributed by atoms with van der Waals surface area (Å²) in [7, 11) is 0. The zero-order valence-corrected chi connectivity index (χ0v) is 14.8. The standard InChI is InChI=1S/C19H22F2N2O2/c1-11-9-12(7-8-23(11)18(24)25-19(2,3)4)14-10-22-17-13(14)5-6-15(20)16(17)21/h5-7,10-11,22H,8-9H2,1-4H3. The van der Waals surface area contributed by atoms with Crippen LogP contribution in [0.2, 0.25) is 0 Å². The molecule has 1 aromatic heterocycles. The summed E-state index contributed by atoms with van der Waals surface area (Å²) in [5, 5.41) is 0.642. The second-order valence-corrected chi connectivity index (χ2v) is 7.40. The molecular weight excluding hydrogens is 326 g/mol. The fourth-order valence-corrected chi connectivity index (χ4v) is 3.10. The fraction of sp³-hybridized carbons (Fsp3) is 0.421. The van der Waals surface area contributed by atoms with Gasteiger partial charge in [-0.2, -0.15) is 0 Å². The van der Waals surface area contributed by atoms with E-state index >= 15 is 0 Å². The minimum atomic E-state index is -0.872. The molecule has 134 valence electrons. The van der Waals surface area contributed by atoms with E-state index in [4.69, 9.17) is 4.74 Å². The highest BCUT2D eigenvalue weighted by Crippen LogP contribution is 2.33. The van der Waals surface area contributed by atoms with Crippen LogP contribution in [0, 0.1) is 11.6 Å². The van der Waals surface area contributed by atoms with Gasteiger partial charge in [0, 0.05) is 29.7 Å². The van der Waals surface area contributed by atoms with Gasteiger partial charge in [0.15, 0.2) is 11.6 Å². The second-order valence-electron chi connectivity index (χ2n) is 7.40. The molecule has 0 radical (unpaired) electrons. The quantitative estimate of drug-likeness (QED) is 0.800. The highest BCUT2D eigenvalue weighted by molar-refractivity contribution is 5.93. The van der Waals surface area contributed by atoms with E-state index in [9.17, 15) is 13.6 Å². The van der Waals surface area contributed by atoms with Gasteiger partial charge in [0.05, 0.1) is 5.52 Å². The van der Waals surface area contributed by atoms with Crippen LogP contribution >= 0.6 is 0 Å². The van der Waals surface area contributed by atoms with Crippen molar-refractivity contribution in [2.75, 3.05) is 6.54 Å². The van der Waals surface area contributed by atoms with Crippen molar-refractivity contribution in [3.63, 3.8) is 0 Å². The summed E-state index contributed by atoms with van der Waals surface area (Å²) in [6, 6.07) is 2.66. The van der Waals surface area contributed by atoms with Crippen molar-refractivity contribution < 1.29 is 18.3 Å². The number of fused-ring (bicyclic) bond motifs is 1. The van der Waals surface area contributed by atoms with Gasteiger partial charge in [0.1, 0.15) is 5.60 Å². The molecule has 2 aromatic rings. The molecule has 2 heterocycles. The number of rotatable bonds is 1. The first-order valence-electron chi connectivity index (χ1n) is 8.31.